The molecule has 4 nitrogen and oxygen atoms in total. The van der Waals surface area contributed by atoms with Crippen LogP contribution in [0, 0.1) is 0 Å². The van der Waals surface area contributed by atoms with Crippen LogP contribution < -0.4 is 9.80 Å². The highest BCUT2D eigenvalue weighted by molar-refractivity contribution is 5.83. The average molecular weight is 407 g/mol. The molecule has 31 heavy (non-hydrogen) atoms. The predicted molar refractivity (Wildman–Crippen MR) is 128 cm³/mol. The zero-order valence-corrected chi connectivity index (χ0v) is 18.0. The molecule has 0 radical (unpaired) electrons. The quantitative estimate of drug-likeness (QED) is 0.378. The van der Waals surface area contributed by atoms with Gasteiger partial charge in [0.2, 0.25) is 0 Å². The highest BCUT2D eigenvalue weighted by atomic mass is 15.4. The van der Waals surface area contributed by atoms with E-state index in [2.05, 4.69) is 100 Å². The maximum absolute atomic E-state index is 4.68. The summed E-state index contributed by atoms with van der Waals surface area (Å²) in [6.45, 7) is 5.14. The van der Waals surface area contributed by atoms with Gasteiger partial charge in [-0.3, -0.25) is 0 Å². The van der Waals surface area contributed by atoms with E-state index >= 15 is 0 Å². The fourth-order valence-corrected chi connectivity index (χ4v) is 4.44. The molecule has 0 aliphatic carbocycles. The third kappa shape index (κ3) is 3.44. The van der Waals surface area contributed by atoms with Gasteiger partial charge in [0.25, 0.3) is 0 Å². The van der Waals surface area contributed by atoms with E-state index in [9.17, 15) is 0 Å². The third-order valence-corrected chi connectivity index (χ3v) is 5.97. The molecule has 2 heterocycles. The lowest BCUT2D eigenvalue weighted by atomic mass is 9.91. The Hall–Kier alpha value is -3.66. The molecule has 0 amide bonds. The standard InChI is InChI=1S/C27H26N4/c1-3-20-10-8-11-21(4-2)25(20)22-12-9-15-24(18-22)31-19-30(23-13-6-5-7-14-23)26-27(31)29-17-16-28-26/h5-18H,3-4,19H2,1-2H3. The topological polar surface area (TPSA) is 32.3 Å². The molecule has 5 rings (SSSR count). The summed E-state index contributed by atoms with van der Waals surface area (Å²) < 4.78 is 0. The van der Waals surface area contributed by atoms with Crippen molar-refractivity contribution in [3.05, 3.63) is 96.3 Å². The normalized spacial score (nSPS) is 12.8. The molecule has 1 aromatic heterocycles. The van der Waals surface area contributed by atoms with Crippen molar-refractivity contribution >= 4 is 23.0 Å². The average Bonchev–Trinajstić information content (AvgIpc) is 3.24. The van der Waals surface area contributed by atoms with Crippen LogP contribution in [0.3, 0.4) is 0 Å². The van der Waals surface area contributed by atoms with E-state index in [1.54, 1.807) is 12.4 Å². The van der Waals surface area contributed by atoms with E-state index in [1.807, 2.05) is 6.07 Å². The summed E-state index contributed by atoms with van der Waals surface area (Å²) >= 11 is 0. The van der Waals surface area contributed by atoms with Crippen LogP contribution in [0.5, 0.6) is 0 Å². The van der Waals surface area contributed by atoms with E-state index in [1.165, 1.54) is 22.3 Å². The smallest absolute Gasteiger partial charge is 0.178 e. The largest absolute Gasteiger partial charge is 0.305 e. The summed E-state index contributed by atoms with van der Waals surface area (Å²) in [4.78, 5) is 13.8. The van der Waals surface area contributed by atoms with Gasteiger partial charge in [-0.25, -0.2) is 9.97 Å². The lowest BCUT2D eigenvalue weighted by molar-refractivity contribution is 0.976. The van der Waals surface area contributed by atoms with Crippen LogP contribution in [-0.2, 0) is 12.8 Å². The number of fused-ring (bicyclic) bond motifs is 1. The van der Waals surface area contributed by atoms with E-state index in [0.29, 0.717) is 6.67 Å². The molecule has 1 aliphatic rings. The fraction of sp³-hybridized carbons (Fsp3) is 0.185. The highest BCUT2D eigenvalue weighted by Crippen LogP contribution is 2.42. The summed E-state index contributed by atoms with van der Waals surface area (Å²) in [7, 11) is 0. The Labute approximate surface area is 183 Å². The van der Waals surface area contributed by atoms with Crippen molar-refractivity contribution in [1.82, 2.24) is 9.97 Å². The first-order valence-electron chi connectivity index (χ1n) is 10.9. The number of rotatable bonds is 5. The van der Waals surface area contributed by atoms with Crippen LogP contribution in [0.25, 0.3) is 11.1 Å². The van der Waals surface area contributed by atoms with E-state index in [0.717, 1.165) is 35.9 Å². The fourth-order valence-electron chi connectivity index (χ4n) is 4.44. The van der Waals surface area contributed by atoms with Crippen molar-refractivity contribution in [1.29, 1.82) is 0 Å². The molecule has 0 saturated carbocycles. The van der Waals surface area contributed by atoms with Crippen molar-refractivity contribution < 1.29 is 0 Å². The van der Waals surface area contributed by atoms with Gasteiger partial charge in [0.1, 0.15) is 6.67 Å². The Morgan fingerprint density at radius 2 is 1.26 bits per heavy atom. The summed E-state index contributed by atoms with van der Waals surface area (Å²) in [5.41, 5.74) is 7.66. The van der Waals surface area contributed by atoms with Gasteiger partial charge >= 0.3 is 0 Å². The first-order valence-corrected chi connectivity index (χ1v) is 10.9. The van der Waals surface area contributed by atoms with Crippen LogP contribution in [-0.4, -0.2) is 16.6 Å². The molecule has 0 bridgehead atoms. The molecule has 0 atom stereocenters. The van der Waals surface area contributed by atoms with E-state index in [4.69, 9.17) is 0 Å². The van der Waals surface area contributed by atoms with E-state index < -0.39 is 0 Å². The molecule has 0 unspecified atom stereocenters. The number of nitrogens with zero attached hydrogens (tertiary/aromatic N) is 4. The van der Waals surface area contributed by atoms with Crippen molar-refractivity contribution in [2.45, 2.75) is 26.7 Å². The molecular weight excluding hydrogens is 380 g/mol. The summed E-state index contributed by atoms with van der Waals surface area (Å²) in [6.07, 6.45) is 5.58. The van der Waals surface area contributed by atoms with Gasteiger partial charge < -0.3 is 9.80 Å². The molecule has 154 valence electrons. The molecular formula is C27H26N4. The number of benzene rings is 3. The second-order valence-electron chi connectivity index (χ2n) is 7.75. The number of anilines is 4. The maximum Gasteiger partial charge on any atom is 0.178 e. The predicted octanol–water partition coefficient (Wildman–Crippen LogP) is 6.52. The Kier molecular flexibility index (Phi) is 5.13. The van der Waals surface area contributed by atoms with Crippen LogP contribution in [0.15, 0.2) is 85.2 Å². The number of para-hydroxylation sites is 1. The molecule has 3 aromatic carbocycles. The number of aromatic nitrogens is 2. The SMILES string of the molecule is CCc1cccc(CC)c1-c1cccc(N2CN(c3ccccc3)c3nccnc32)c1. The van der Waals surface area contributed by atoms with Gasteiger partial charge in [0.05, 0.1) is 0 Å². The van der Waals surface area contributed by atoms with Crippen molar-refractivity contribution in [3.63, 3.8) is 0 Å². The maximum atomic E-state index is 4.68. The molecule has 0 saturated heterocycles. The van der Waals surface area contributed by atoms with Crippen LogP contribution in [0.2, 0.25) is 0 Å². The van der Waals surface area contributed by atoms with Crippen LogP contribution in [0.1, 0.15) is 25.0 Å². The molecule has 1 aliphatic heterocycles. The van der Waals surface area contributed by atoms with Gasteiger partial charge in [-0.15, -0.1) is 0 Å². The molecule has 4 aromatic rings. The van der Waals surface area contributed by atoms with Gasteiger partial charge in [0.15, 0.2) is 11.6 Å². The Bertz CT molecular complexity index is 1180. The van der Waals surface area contributed by atoms with Gasteiger partial charge in [-0.2, -0.15) is 0 Å². The summed E-state index contributed by atoms with van der Waals surface area (Å²) in [5, 5.41) is 0. The lowest BCUT2D eigenvalue weighted by Gasteiger charge is -2.22. The Balaban J connectivity index is 1.59. The number of hydrogen-bond acceptors (Lipinski definition) is 4. The van der Waals surface area contributed by atoms with Crippen LogP contribution >= 0.6 is 0 Å². The summed E-state index contributed by atoms with van der Waals surface area (Å²) in [5.74, 6) is 1.78. The minimum Gasteiger partial charge on any atom is -0.305 e. The first-order chi connectivity index (χ1) is 15.3. The zero-order chi connectivity index (χ0) is 21.2. The monoisotopic (exact) mass is 406 g/mol. The Morgan fingerprint density at radius 1 is 0.677 bits per heavy atom. The highest BCUT2D eigenvalue weighted by Gasteiger charge is 2.30. The molecule has 0 fully saturated rings. The second-order valence-corrected chi connectivity index (χ2v) is 7.75. The van der Waals surface area contributed by atoms with Crippen molar-refractivity contribution in [2.24, 2.45) is 0 Å². The second kappa shape index (κ2) is 8.23. The van der Waals surface area contributed by atoms with Crippen LogP contribution in [0.4, 0.5) is 23.0 Å². The van der Waals surface area contributed by atoms with Gasteiger partial charge in [-0.05, 0) is 59.4 Å². The Morgan fingerprint density at radius 3 is 1.90 bits per heavy atom. The minimum absolute atomic E-state index is 0.683. The molecule has 4 heteroatoms. The first kappa shape index (κ1) is 19.3. The van der Waals surface area contributed by atoms with E-state index in [-0.39, 0.29) is 0 Å². The van der Waals surface area contributed by atoms with Crippen molar-refractivity contribution in [2.75, 3.05) is 16.5 Å². The molecule has 0 spiro atoms. The zero-order valence-electron chi connectivity index (χ0n) is 18.0. The number of hydrogen-bond donors (Lipinski definition) is 0. The summed E-state index contributed by atoms with van der Waals surface area (Å²) in [6, 6.07) is 25.9. The number of aryl methyl sites for hydroxylation is 2. The third-order valence-electron chi connectivity index (χ3n) is 5.97. The van der Waals surface area contributed by atoms with Gasteiger partial charge in [-0.1, -0.05) is 62.4 Å². The van der Waals surface area contributed by atoms with Gasteiger partial charge in [0, 0.05) is 23.8 Å². The lowest BCUT2D eigenvalue weighted by Crippen LogP contribution is -2.24. The van der Waals surface area contributed by atoms with Crippen molar-refractivity contribution in [3.8, 4) is 11.1 Å². The molecule has 0 N–H and O–H groups in total. The minimum atomic E-state index is 0.683.